The molecular formula is C14H20O3. The fraction of sp³-hybridized carbons (Fsp3) is 0.643. The number of ether oxygens (including phenoxy) is 1. The summed E-state index contributed by atoms with van der Waals surface area (Å²) in [6.45, 7) is 5.72. The van der Waals surface area contributed by atoms with Gasteiger partial charge in [-0.1, -0.05) is 6.92 Å². The number of carbonyl (C=O) groups is 1. The quantitative estimate of drug-likeness (QED) is 0.749. The van der Waals surface area contributed by atoms with Gasteiger partial charge in [0.25, 0.3) is 0 Å². The van der Waals surface area contributed by atoms with Gasteiger partial charge < -0.3 is 9.84 Å². The molecule has 94 valence electrons. The molecule has 0 aromatic rings. The minimum absolute atomic E-state index is 0.00898. The molecule has 1 heterocycles. The predicted octanol–water partition coefficient (Wildman–Crippen LogP) is 2.42. The van der Waals surface area contributed by atoms with Crippen LogP contribution in [-0.4, -0.2) is 17.2 Å². The number of fused-ring (bicyclic) bond motifs is 1. The van der Waals surface area contributed by atoms with Crippen molar-refractivity contribution in [3.8, 4) is 0 Å². The van der Waals surface area contributed by atoms with E-state index in [1.807, 2.05) is 6.92 Å². The van der Waals surface area contributed by atoms with Crippen molar-refractivity contribution in [1.29, 1.82) is 0 Å². The summed E-state index contributed by atoms with van der Waals surface area (Å²) < 4.78 is 5.53. The summed E-state index contributed by atoms with van der Waals surface area (Å²) in [5, 5.41) is 10.0. The second-order valence-electron chi connectivity index (χ2n) is 5.24. The molecule has 0 aromatic heterocycles. The van der Waals surface area contributed by atoms with Crippen LogP contribution in [0.3, 0.4) is 0 Å². The Kier molecular flexibility index (Phi) is 3.38. The number of hydrogen-bond acceptors (Lipinski definition) is 3. The maximum atomic E-state index is 10.9. The van der Waals surface area contributed by atoms with Gasteiger partial charge in [0.05, 0.1) is 0 Å². The van der Waals surface area contributed by atoms with Gasteiger partial charge in [0.2, 0.25) is 6.29 Å². The van der Waals surface area contributed by atoms with E-state index in [0.717, 1.165) is 12.8 Å². The molecule has 0 radical (unpaired) electrons. The maximum Gasteiger partial charge on any atom is 0.201 e. The van der Waals surface area contributed by atoms with E-state index in [9.17, 15) is 9.90 Å². The topological polar surface area (TPSA) is 46.5 Å². The number of hydrogen-bond donors (Lipinski definition) is 1. The lowest BCUT2D eigenvalue weighted by Gasteiger charge is -2.34. The van der Waals surface area contributed by atoms with E-state index < -0.39 is 6.29 Å². The number of aliphatic hydroxyl groups excluding tert-OH is 1. The monoisotopic (exact) mass is 236 g/mol. The van der Waals surface area contributed by atoms with Crippen LogP contribution in [0.5, 0.6) is 0 Å². The summed E-state index contributed by atoms with van der Waals surface area (Å²) in [7, 11) is 0. The van der Waals surface area contributed by atoms with Gasteiger partial charge in [0, 0.05) is 5.92 Å². The molecule has 2 aliphatic rings. The van der Waals surface area contributed by atoms with Crippen LogP contribution in [0.15, 0.2) is 23.5 Å². The van der Waals surface area contributed by atoms with Gasteiger partial charge in [0.1, 0.15) is 5.76 Å². The molecule has 3 heteroatoms. The zero-order chi connectivity index (χ0) is 12.6. The lowest BCUT2D eigenvalue weighted by Crippen LogP contribution is -2.35. The minimum Gasteiger partial charge on any atom is -0.465 e. The van der Waals surface area contributed by atoms with Crippen LogP contribution in [0.4, 0.5) is 0 Å². The first-order valence-corrected chi connectivity index (χ1v) is 6.25. The Labute approximate surface area is 102 Å². The summed E-state index contributed by atoms with van der Waals surface area (Å²) >= 11 is 0. The zero-order valence-corrected chi connectivity index (χ0v) is 10.6. The first-order valence-electron chi connectivity index (χ1n) is 6.25. The highest BCUT2D eigenvalue weighted by Gasteiger charge is 2.43. The van der Waals surface area contributed by atoms with Crippen molar-refractivity contribution >= 4 is 5.78 Å². The normalized spacial score (nSPS) is 37.2. The largest absolute Gasteiger partial charge is 0.465 e. The third-order valence-electron chi connectivity index (χ3n) is 4.05. The Balaban J connectivity index is 2.26. The van der Waals surface area contributed by atoms with Gasteiger partial charge in [0.15, 0.2) is 5.78 Å². The van der Waals surface area contributed by atoms with Crippen LogP contribution in [-0.2, 0) is 9.53 Å². The Hall–Kier alpha value is -1.09. The van der Waals surface area contributed by atoms with Crippen molar-refractivity contribution in [3.05, 3.63) is 23.5 Å². The van der Waals surface area contributed by atoms with Crippen LogP contribution >= 0.6 is 0 Å². The van der Waals surface area contributed by atoms with Crippen molar-refractivity contribution in [2.45, 2.75) is 39.9 Å². The highest BCUT2D eigenvalue weighted by molar-refractivity contribution is 5.87. The molecule has 0 amide bonds. The van der Waals surface area contributed by atoms with Crippen molar-refractivity contribution < 1.29 is 14.6 Å². The van der Waals surface area contributed by atoms with Crippen LogP contribution in [0.2, 0.25) is 0 Å². The van der Waals surface area contributed by atoms with Crippen LogP contribution in [0.1, 0.15) is 33.6 Å². The van der Waals surface area contributed by atoms with Crippen molar-refractivity contribution in [1.82, 2.24) is 0 Å². The first kappa shape index (κ1) is 12.4. The number of carbonyl (C=O) groups excluding carboxylic acids is 1. The second-order valence-corrected chi connectivity index (χ2v) is 5.24. The number of allylic oxidation sites excluding steroid dienone is 3. The van der Waals surface area contributed by atoms with E-state index in [-0.39, 0.29) is 11.7 Å². The summed E-state index contributed by atoms with van der Waals surface area (Å²) in [6, 6.07) is 0. The highest BCUT2D eigenvalue weighted by atomic mass is 16.6. The Morgan fingerprint density at radius 1 is 1.47 bits per heavy atom. The molecule has 1 N–H and O–H groups in total. The molecule has 3 nitrogen and oxygen atoms in total. The fourth-order valence-electron chi connectivity index (χ4n) is 3.06. The van der Waals surface area contributed by atoms with Gasteiger partial charge in [-0.15, -0.1) is 0 Å². The molecule has 0 spiro atoms. The van der Waals surface area contributed by atoms with Crippen LogP contribution < -0.4 is 0 Å². The van der Waals surface area contributed by atoms with Crippen molar-refractivity contribution in [3.63, 3.8) is 0 Å². The van der Waals surface area contributed by atoms with Gasteiger partial charge in [-0.3, -0.25) is 4.79 Å². The third kappa shape index (κ3) is 2.29. The smallest absolute Gasteiger partial charge is 0.201 e. The zero-order valence-electron chi connectivity index (χ0n) is 10.6. The molecule has 0 saturated heterocycles. The van der Waals surface area contributed by atoms with Gasteiger partial charge >= 0.3 is 0 Å². The average Bonchev–Trinajstić information content (AvgIpc) is 2.64. The second kappa shape index (κ2) is 4.65. The molecule has 17 heavy (non-hydrogen) atoms. The lowest BCUT2D eigenvalue weighted by molar-refractivity contribution is -0.130. The third-order valence-corrected chi connectivity index (χ3v) is 4.05. The minimum atomic E-state index is -0.729. The molecule has 1 aliphatic carbocycles. The van der Waals surface area contributed by atoms with Crippen LogP contribution in [0.25, 0.3) is 0 Å². The van der Waals surface area contributed by atoms with Crippen molar-refractivity contribution in [2.75, 3.05) is 0 Å². The summed E-state index contributed by atoms with van der Waals surface area (Å²) in [5.74, 6) is 1.78. The number of rotatable bonds is 2. The Bertz CT molecular complexity index is 381. The highest BCUT2D eigenvalue weighted by Crippen LogP contribution is 2.47. The SMILES string of the molecule is CC(=O)/C=C/C1=C(C)[C@@H]2CC[C@H](C)[C@@H]2[C@H](O)O1. The lowest BCUT2D eigenvalue weighted by atomic mass is 9.83. The van der Waals surface area contributed by atoms with Gasteiger partial charge in [-0.2, -0.15) is 0 Å². The Morgan fingerprint density at radius 2 is 2.18 bits per heavy atom. The molecule has 1 fully saturated rings. The molecule has 0 bridgehead atoms. The van der Waals surface area contributed by atoms with Crippen LogP contribution in [0, 0.1) is 17.8 Å². The number of aliphatic hydroxyl groups is 1. The average molecular weight is 236 g/mol. The summed E-state index contributed by atoms with van der Waals surface area (Å²) in [4.78, 5) is 10.9. The molecule has 1 saturated carbocycles. The Morgan fingerprint density at radius 3 is 2.82 bits per heavy atom. The summed E-state index contributed by atoms with van der Waals surface area (Å²) in [5.41, 5.74) is 1.17. The molecule has 1 aliphatic heterocycles. The van der Waals surface area contributed by atoms with Gasteiger partial charge in [-0.05, 0) is 56.3 Å². The molecule has 0 aromatic carbocycles. The summed E-state index contributed by atoms with van der Waals surface area (Å²) in [6.07, 6.45) is 4.68. The molecule has 0 unspecified atom stereocenters. The van der Waals surface area contributed by atoms with E-state index in [1.165, 1.54) is 18.6 Å². The van der Waals surface area contributed by atoms with E-state index in [4.69, 9.17) is 4.74 Å². The van der Waals surface area contributed by atoms with E-state index in [0.29, 0.717) is 17.6 Å². The fourth-order valence-corrected chi connectivity index (χ4v) is 3.06. The van der Waals surface area contributed by atoms with Gasteiger partial charge in [-0.25, -0.2) is 0 Å². The van der Waals surface area contributed by atoms with Crippen molar-refractivity contribution in [2.24, 2.45) is 17.8 Å². The predicted molar refractivity (Wildman–Crippen MR) is 65.0 cm³/mol. The maximum absolute atomic E-state index is 10.9. The van der Waals surface area contributed by atoms with E-state index in [1.54, 1.807) is 6.08 Å². The standard InChI is InChI=1S/C14H20O3/c1-8-4-6-11-10(3)12(7-5-9(2)15)17-14(16)13(8)11/h5,7-8,11,13-14,16H,4,6H2,1-3H3/b7-5+/t8-,11-,13-,14+/m0/s1. The molecule has 4 atom stereocenters. The number of ketones is 1. The first-order chi connectivity index (χ1) is 8.00. The van der Waals surface area contributed by atoms with E-state index >= 15 is 0 Å². The van der Waals surface area contributed by atoms with E-state index in [2.05, 4.69) is 6.92 Å². The molecular weight excluding hydrogens is 216 g/mol. The molecule has 2 rings (SSSR count).